The first-order chi connectivity index (χ1) is 6.12. The Morgan fingerprint density at radius 1 is 1.54 bits per heavy atom. The smallest absolute Gasteiger partial charge is 0.0652 e. The van der Waals surface area contributed by atoms with E-state index < -0.39 is 0 Å². The molecule has 0 heterocycles. The third kappa shape index (κ3) is 2.22. The molecule has 1 fully saturated rings. The van der Waals surface area contributed by atoms with Crippen LogP contribution in [0, 0.1) is 5.41 Å². The highest BCUT2D eigenvalue weighted by Gasteiger charge is 2.47. The third-order valence-electron chi connectivity index (χ3n) is 3.23. The van der Waals surface area contributed by atoms with Crippen molar-refractivity contribution in [1.29, 1.82) is 0 Å². The minimum absolute atomic E-state index is 0.281. The summed E-state index contributed by atoms with van der Waals surface area (Å²) in [5.41, 5.74) is 5.71. The van der Waals surface area contributed by atoms with Gasteiger partial charge in [-0.25, -0.2) is 0 Å². The van der Waals surface area contributed by atoms with E-state index in [-0.39, 0.29) is 5.41 Å². The molecular formula is C10H22N2O. The van der Waals surface area contributed by atoms with Gasteiger partial charge in [-0.05, 0) is 25.9 Å². The van der Waals surface area contributed by atoms with Crippen molar-refractivity contribution in [3.8, 4) is 0 Å². The summed E-state index contributed by atoms with van der Waals surface area (Å²) in [6, 6.07) is 0.601. The van der Waals surface area contributed by atoms with Crippen LogP contribution in [0.25, 0.3) is 0 Å². The lowest BCUT2D eigenvalue weighted by Crippen LogP contribution is -2.60. The summed E-state index contributed by atoms with van der Waals surface area (Å²) in [5, 5.41) is 3.51. The molecule has 0 aromatic heterocycles. The summed E-state index contributed by atoms with van der Waals surface area (Å²) >= 11 is 0. The molecule has 0 aliphatic heterocycles. The Labute approximate surface area is 81.0 Å². The van der Waals surface area contributed by atoms with E-state index in [1.165, 1.54) is 0 Å². The van der Waals surface area contributed by atoms with Gasteiger partial charge in [-0.1, -0.05) is 13.8 Å². The summed E-state index contributed by atoms with van der Waals surface area (Å²) in [5.74, 6) is 0. The molecule has 0 amide bonds. The molecule has 0 spiro atoms. The first-order valence-corrected chi connectivity index (χ1v) is 5.09. The van der Waals surface area contributed by atoms with Gasteiger partial charge in [-0.3, -0.25) is 0 Å². The zero-order chi connectivity index (χ0) is 9.90. The number of nitrogens with one attached hydrogen (secondary N) is 1. The summed E-state index contributed by atoms with van der Waals surface area (Å²) in [6.45, 7) is 6.31. The Kier molecular flexibility index (Phi) is 3.71. The van der Waals surface area contributed by atoms with Crippen molar-refractivity contribution in [2.45, 2.75) is 38.8 Å². The summed E-state index contributed by atoms with van der Waals surface area (Å²) in [7, 11) is 1.79. The normalized spacial score (nSPS) is 31.4. The van der Waals surface area contributed by atoms with Crippen LogP contribution in [0.1, 0.15) is 26.7 Å². The molecule has 0 aromatic carbocycles. The van der Waals surface area contributed by atoms with Gasteiger partial charge in [-0.15, -0.1) is 0 Å². The average Bonchev–Trinajstić information content (AvgIpc) is 2.10. The molecule has 2 unspecified atom stereocenters. The monoisotopic (exact) mass is 186 g/mol. The van der Waals surface area contributed by atoms with Crippen LogP contribution in [-0.2, 0) is 4.74 Å². The van der Waals surface area contributed by atoms with Crippen LogP contribution in [0.4, 0.5) is 0 Å². The zero-order valence-corrected chi connectivity index (χ0v) is 8.97. The summed E-state index contributed by atoms with van der Waals surface area (Å²) < 4.78 is 5.37. The third-order valence-corrected chi connectivity index (χ3v) is 3.23. The molecular weight excluding hydrogens is 164 g/mol. The van der Waals surface area contributed by atoms with Gasteiger partial charge < -0.3 is 15.8 Å². The van der Waals surface area contributed by atoms with Crippen molar-refractivity contribution >= 4 is 0 Å². The molecule has 2 atom stereocenters. The highest BCUT2D eigenvalue weighted by Crippen LogP contribution is 2.42. The standard InChI is InChI=1S/C10H22N2O/c1-10(2)8(7-9(10)13-3)12-6-4-5-11/h8-9,12H,4-7,11H2,1-3H3. The fourth-order valence-corrected chi connectivity index (χ4v) is 2.01. The predicted molar refractivity (Wildman–Crippen MR) is 54.7 cm³/mol. The molecule has 13 heavy (non-hydrogen) atoms. The Hall–Kier alpha value is -0.120. The van der Waals surface area contributed by atoms with Gasteiger partial charge >= 0.3 is 0 Å². The highest BCUT2D eigenvalue weighted by molar-refractivity contribution is 5.02. The van der Waals surface area contributed by atoms with Crippen molar-refractivity contribution < 1.29 is 4.74 Å². The van der Waals surface area contributed by atoms with E-state index in [0.717, 1.165) is 25.9 Å². The zero-order valence-electron chi connectivity index (χ0n) is 8.97. The van der Waals surface area contributed by atoms with Crippen LogP contribution in [0.3, 0.4) is 0 Å². The van der Waals surface area contributed by atoms with Crippen LogP contribution in [-0.4, -0.2) is 32.3 Å². The van der Waals surface area contributed by atoms with Gasteiger partial charge in [0, 0.05) is 18.6 Å². The largest absolute Gasteiger partial charge is 0.381 e. The van der Waals surface area contributed by atoms with Crippen molar-refractivity contribution in [2.24, 2.45) is 11.1 Å². The Bertz CT molecular complexity index is 159. The molecule has 0 saturated heterocycles. The van der Waals surface area contributed by atoms with Gasteiger partial charge in [-0.2, -0.15) is 0 Å². The lowest BCUT2D eigenvalue weighted by atomic mass is 9.64. The fourth-order valence-electron chi connectivity index (χ4n) is 2.01. The number of nitrogens with two attached hydrogens (primary N) is 1. The summed E-state index contributed by atoms with van der Waals surface area (Å²) in [4.78, 5) is 0. The van der Waals surface area contributed by atoms with E-state index in [2.05, 4.69) is 19.2 Å². The molecule has 1 aliphatic carbocycles. The molecule has 1 saturated carbocycles. The van der Waals surface area contributed by atoms with Crippen molar-refractivity contribution in [1.82, 2.24) is 5.32 Å². The second-order valence-corrected chi connectivity index (χ2v) is 4.43. The quantitative estimate of drug-likeness (QED) is 0.623. The van der Waals surface area contributed by atoms with E-state index in [1.54, 1.807) is 7.11 Å². The second kappa shape index (κ2) is 4.40. The minimum atomic E-state index is 0.281. The Morgan fingerprint density at radius 3 is 2.69 bits per heavy atom. The van der Waals surface area contributed by atoms with Crippen molar-refractivity contribution in [2.75, 3.05) is 20.2 Å². The van der Waals surface area contributed by atoms with Crippen LogP contribution >= 0.6 is 0 Å². The molecule has 0 bridgehead atoms. The lowest BCUT2D eigenvalue weighted by molar-refractivity contribution is -0.0972. The molecule has 1 aliphatic rings. The molecule has 3 heteroatoms. The summed E-state index contributed by atoms with van der Waals surface area (Å²) in [6.07, 6.45) is 2.61. The first-order valence-electron chi connectivity index (χ1n) is 5.09. The molecule has 1 rings (SSSR count). The molecule has 78 valence electrons. The Morgan fingerprint density at radius 2 is 2.23 bits per heavy atom. The predicted octanol–water partition coefficient (Wildman–Crippen LogP) is 0.738. The van der Waals surface area contributed by atoms with Gasteiger partial charge in [0.15, 0.2) is 0 Å². The van der Waals surface area contributed by atoms with Gasteiger partial charge in [0.1, 0.15) is 0 Å². The van der Waals surface area contributed by atoms with E-state index in [0.29, 0.717) is 12.1 Å². The van der Waals surface area contributed by atoms with E-state index in [4.69, 9.17) is 10.5 Å². The molecule has 3 N–H and O–H groups in total. The minimum Gasteiger partial charge on any atom is -0.381 e. The number of rotatable bonds is 5. The average molecular weight is 186 g/mol. The molecule has 0 radical (unpaired) electrons. The maximum absolute atomic E-state index is 5.43. The number of methoxy groups -OCH3 is 1. The van der Waals surface area contributed by atoms with Crippen molar-refractivity contribution in [3.63, 3.8) is 0 Å². The topological polar surface area (TPSA) is 47.3 Å². The Balaban J connectivity index is 2.23. The van der Waals surface area contributed by atoms with E-state index in [1.807, 2.05) is 0 Å². The SMILES string of the molecule is COC1CC(NCCCN)C1(C)C. The van der Waals surface area contributed by atoms with Crippen LogP contribution in [0.2, 0.25) is 0 Å². The van der Waals surface area contributed by atoms with Crippen molar-refractivity contribution in [3.05, 3.63) is 0 Å². The lowest BCUT2D eigenvalue weighted by Gasteiger charge is -2.51. The van der Waals surface area contributed by atoms with Gasteiger partial charge in [0.2, 0.25) is 0 Å². The van der Waals surface area contributed by atoms with E-state index >= 15 is 0 Å². The molecule has 0 aromatic rings. The van der Waals surface area contributed by atoms with Crippen LogP contribution in [0.15, 0.2) is 0 Å². The maximum atomic E-state index is 5.43. The second-order valence-electron chi connectivity index (χ2n) is 4.43. The van der Waals surface area contributed by atoms with E-state index in [9.17, 15) is 0 Å². The maximum Gasteiger partial charge on any atom is 0.0652 e. The van der Waals surface area contributed by atoms with Gasteiger partial charge in [0.05, 0.1) is 6.10 Å². The number of ether oxygens (including phenoxy) is 1. The van der Waals surface area contributed by atoms with Crippen LogP contribution in [0.5, 0.6) is 0 Å². The fraction of sp³-hybridized carbons (Fsp3) is 1.00. The number of hydrogen-bond donors (Lipinski definition) is 2. The highest BCUT2D eigenvalue weighted by atomic mass is 16.5. The first kappa shape index (κ1) is 11.0. The molecule has 3 nitrogen and oxygen atoms in total. The number of hydrogen-bond acceptors (Lipinski definition) is 3. The van der Waals surface area contributed by atoms with Crippen LogP contribution < -0.4 is 11.1 Å². The van der Waals surface area contributed by atoms with Gasteiger partial charge in [0.25, 0.3) is 0 Å².